The van der Waals surface area contributed by atoms with Crippen LogP contribution in [-0.4, -0.2) is 37.8 Å². The number of benzene rings is 1. The van der Waals surface area contributed by atoms with Crippen molar-refractivity contribution in [2.24, 2.45) is 0 Å². The third-order valence-corrected chi connectivity index (χ3v) is 2.83. The lowest BCUT2D eigenvalue weighted by Crippen LogP contribution is -2.40. The van der Waals surface area contributed by atoms with Gasteiger partial charge in [0.2, 0.25) is 0 Å². The molecule has 0 bridgehead atoms. The molecule has 1 atom stereocenters. The molecule has 7 nitrogen and oxygen atoms in total. The van der Waals surface area contributed by atoms with Crippen LogP contribution in [0.1, 0.15) is 18.1 Å². The molecule has 0 saturated carbocycles. The molecule has 0 aromatic heterocycles. The summed E-state index contributed by atoms with van der Waals surface area (Å²) in [5, 5.41) is 1.91. The van der Waals surface area contributed by atoms with E-state index in [4.69, 9.17) is 9.47 Å². The Morgan fingerprint density at radius 1 is 1.18 bits per heavy atom. The fourth-order valence-electron chi connectivity index (χ4n) is 1.70. The highest BCUT2D eigenvalue weighted by Gasteiger charge is 2.20. The van der Waals surface area contributed by atoms with Crippen LogP contribution in [0.5, 0.6) is 5.75 Å². The Morgan fingerprint density at radius 3 is 2.32 bits per heavy atom. The molecule has 0 aliphatic rings. The smallest absolute Gasteiger partial charge is 0.413 e. The molecule has 1 N–H and O–H groups in total. The molecule has 0 radical (unpaired) electrons. The molecule has 1 rings (SSSR count). The highest BCUT2D eigenvalue weighted by molar-refractivity contribution is 5.95. The fourth-order valence-corrected chi connectivity index (χ4v) is 1.70. The number of hydrogen-bond acceptors (Lipinski definition) is 6. The maximum atomic E-state index is 11.7. The summed E-state index contributed by atoms with van der Waals surface area (Å²) in [4.78, 5) is 34.0. The monoisotopic (exact) mass is 309 g/mol. The van der Waals surface area contributed by atoms with Crippen LogP contribution in [0, 0.1) is 13.8 Å². The molecule has 0 heterocycles. The first-order chi connectivity index (χ1) is 10.3. The Hall–Kier alpha value is -2.57. The average Bonchev–Trinajstić information content (AvgIpc) is 2.46. The molecule has 7 heteroatoms. The Labute approximate surface area is 128 Å². The van der Waals surface area contributed by atoms with E-state index >= 15 is 0 Å². The van der Waals surface area contributed by atoms with Gasteiger partial charge >= 0.3 is 12.1 Å². The van der Waals surface area contributed by atoms with Crippen molar-refractivity contribution in [3.63, 3.8) is 0 Å². The van der Waals surface area contributed by atoms with Crippen molar-refractivity contribution in [2.45, 2.75) is 26.9 Å². The predicted molar refractivity (Wildman–Crippen MR) is 77.5 cm³/mol. The Bertz CT molecular complexity index is 549. The van der Waals surface area contributed by atoms with Crippen molar-refractivity contribution in [1.82, 2.24) is 5.32 Å². The second-order valence-electron chi connectivity index (χ2n) is 4.62. The zero-order valence-corrected chi connectivity index (χ0v) is 13.0. The number of imide groups is 1. The van der Waals surface area contributed by atoms with Gasteiger partial charge in [0.15, 0.2) is 12.7 Å². The van der Waals surface area contributed by atoms with E-state index in [1.165, 1.54) is 6.92 Å². The molecule has 120 valence electrons. The van der Waals surface area contributed by atoms with Crippen LogP contribution in [0.2, 0.25) is 0 Å². The van der Waals surface area contributed by atoms with Gasteiger partial charge in [0.05, 0.1) is 7.11 Å². The quantitative estimate of drug-likeness (QED) is 0.829. The van der Waals surface area contributed by atoms with Crippen molar-refractivity contribution in [3.05, 3.63) is 29.3 Å². The van der Waals surface area contributed by atoms with E-state index in [2.05, 4.69) is 4.74 Å². The highest BCUT2D eigenvalue weighted by atomic mass is 16.6. The maximum Gasteiger partial charge on any atom is 0.413 e. The Balaban J connectivity index is 2.49. The predicted octanol–water partition coefficient (Wildman–Crippen LogP) is 1.50. The molecule has 1 aromatic rings. The number of carbonyl (C=O) groups is 3. The van der Waals surface area contributed by atoms with E-state index in [9.17, 15) is 14.4 Å². The highest BCUT2D eigenvalue weighted by Crippen LogP contribution is 2.22. The lowest BCUT2D eigenvalue weighted by Gasteiger charge is -2.14. The molecule has 2 amide bonds. The van der Waals surface area contributed by atoms with Crippen LogP contribution >= 0.6 is 0 Å². The van der Waals surface area contributed by atoms with Gasteiger partial charge in [-0.3, -0.25) is 10.1 Å². The lowest BCUT2D eigenvalue weighted by molar-refractivity contribution is -0.156. The van der Waals surface area contributed by atoms with Crippen LogP contribution < -0.4 is 10.1 Å². The number of alkyl carbamates (subject to hydrolysis) is 1. The summed E-state index contributed by atoms with van der Waals surface area (Å²) in [5.74, 6) is -0.881. The van der Waals surface area contributed by atoms with Gasteiger partial charge < -0.3 is 14.2 Å². The van der Waals surface area contributed by atoms with Gasteiger partial charge in [0.25, 0.3) is 5.91 Å². The fraction of sp³-hybridized carbons (Fsp3) is 0.400. The molecule has 1 aromatic carbocycles. The Morgan fingerprint density at radius 2 is 1.77 bits per heavy atom. The first-order valence-electron chi connectivity index (χ1n) is 6.62. The zero-order valence-electron chi connectivity index (χ0n) is 13.0. The summed E-state index contributed by atoms with van der Waals surface area (Å²) in [6.45, 7) is 4.73. The minimum absolute atomic E-state index is 0.332. The van der Waals surface area contributed by atoms with Gasteiger partial charge in [0.1, 0.15) is 5.75 Å². The SMILES string of the molecule is COC(=O)NC(=O)[C@@H](C)OC(=O)COc1c(C)cccc1C. The molecule has 0 aliphatic heterocycles. The van der Waals surface area contributed by atoms with Crippen LogP contribution in [0.15, 0.2) is 18.2 Å². The number of methoxy groups -OCH3 is 1. The minimum Gasteiger partial charge on any atom is -0.481 e. The van der Waals surface area contributed by atoms with Crippen LogP contribution in [0.3, 0.4) is 0 Å². The standard InChI is InChI=1S/C15H19NO6/c1-9-6-5-7-10(2)13(9)21-8-12(17)22-11(3)14(18)16-15(19)20-4/h5-7,11H,8H2,1-4H3,(H,16,18,19)/t11-/m1/s1. The van der Waals surface area contributed by atoms with Gasteiger partial charge in [0, 0.05) is 0 Å². The van der Waals surface area contributed by atoms with Crippen LogP contribution in [0.4, 0.5) is 4.79 Å². The number of para-hydroxylation sites is 1. The van der Waals surface area contributed by atoms with E-state index in [1.807, 2.05) is 37.4 Å². The molecule has 0 saturated heterocycles. The number of nitrogens with one attached hydrogen (secondary N) is 1. The minimum atomic E-state index is -1.13. The van der Waals surface area contributed by atoms with E-state index in [1.54, 1.807) is 0 Å². The number of esters is 1. The number of amides is 2. The maximum absolute atomic E-state index is 11.7. The molecular weight excluding hydrogens is 290 g/mol. The second kappa shape index (κ2) is 8.02. The summed E-state index contributed by atoms with van der Waals surface area (Å²) >= 11 is 0. The van der Waals surface area contributed by atoms with E-state index in [-0.39, 0.29) is 6.61 Å². The molecule has 22 heavy (non-hydrogen) atoms. The van der Waals surface area contributed by atoms with E-state index < -0.39 is 24.1 Å². The number of hydrogen-bond donors (Lipinski definition) is 1. The van der Waals surface area contributed by atoms with Crippen molar-refractivity contribution in [3.8, 4) is 5.75 Å². The van der Waals surface area contributed by atoms with Gasteiger partial charge in [-0.15, -0.1) is 0 Å². The third kappa shape index (κ3) is 5.08. The van der Waals surface area contributed by atoms with Crippen molar-refractivity contribution in [1.29, 1.82) is 0 Å². The largest absolute Gasteiger partial charge is 0.481 e. The van der Waals surface area contributed by atoms with Crippen molar-refractivity contribution < 1.29 is 28.6 Å². The number of aryl methyl sites for hydroxylation is 2. The van der Waals surface area contributed by atoms with Gasteiger partial charge in [-0.05, 0) is 31.9 Å². The summed E-state index contributed by atoms with van der Waals surface area (Å²) in [5.41, 5.74) is 1.79. The molecular formula is C15H19NO6. The number of rotatable bonds is 5. The molecule has 0 aliphatic carbocycles. The van der Waals surface area contributed by atoms with Crippen LogP contribution in [0.25, 0.3) is 0 Å². The lowest BCUT2D eigenvalue weighted by atomic mass is 10.1. The number of carbonyl (C=O) groups excluding carboxylic acids is 3. The topological polar surface area (TPSA) is 90.9 Å². The third-order valence-electron chi connectivity index (χ3n) is 2.83. The first-order valence-corrected chi connectivity index (χ1v) is 6.62. The van der Waals surface area contributed by atoms with Crippen molar-refractivity contribution >= 4 is 18.0 Å². The van der Waals surface area contributed by atoms with Crippen molar-refractivity contribution in [2.75, 3.05) is 13.7 Å². The second-order valence-corrected chi connectivity index (χ2v) is 4.62. The van der Waals surface area contributed by atoms with E-state index in [0.29, 0.717) is 5.75 Å². The summed E-state index contributed by atoms with van der Waals surface area (Å²) < 4.78 is 14.6. The molecule has 0 spiro atoms. The van der Waals surface area contributed by atoms with Gasteiger partial charge in [-0.2, -0.15) is 0 Å². The normalized spacial score (nSPS) is 11.3. The average molecular weight is 309 g/mol. The molecule has 0 fully saturated rings. The van der Waals surface area contributed by atoms with Crippen LogP contribution in [-0.2, 0) is 19.1 Å². The zero-order chi connectivity index (χ0) is 16.7. The number of ether oxygens (including phenoxy) is 3. The van der Waals surface area contributed by atoms with Gasteiger partial charge in [-0.1, -0.05) is 18.2 Å². The summed E-state index contributed by atoms with van der Waals surface area (Å²) in [7, 11) is 1.12. The molecule has 0 unspecified atom stereocenters. The van der Waals surface area contributed by atoms with Gasteiger partial charge in [-0.25, -0.2) is 9.59 Å². The van der Waals surface area contributed by atoms with E-state index in [0.717, 1.165) is 18.2 Å². The first kappa shape index (κ1) is 17.5. The Kier molecular flexibility index (Phi) is 6.37. The summed E-state index contributed by atoms with van der Waals surface area (Å²) in [6, 6.07) is 5.61. The summed E-state index contributed by atoms with van der Waals surface area (Å²) in [6.07, 6.45) is -2.05.